The highest BCUT2D eigenvalue weighted by Gasteiger charge is 2.27. The molecule has 0 amide bonds. The zero-order valence-electron chi connectivity index (χ0n) is 16.8. The molecule has 0 spiro atoms. The van der Waals surface area contributed by atoms with Crippen LogP contribution in [0.2, 0.25) is 0 Å². The lowest BCUT2D eigenvalue weighted by atomic mass is 9.96. The first-order chi connectivity index (χ1) is 14.1. The molecule has 148 valence electrons. The van der Waals surface area contributed by atoms with Crippen molar-refractivity contribution >= 4 is 0 Å². The quantitative estimate of drug-likeness (QED) is 0.590. The predicted molar refractivity (Wildman–Crippen MR) is 114 cm³/mol. The third-order valence-corrected chi connectivity index (χ3v) is 4.96. The zero-order chi connectivity index (χ0) is 20.6. The molecule has 0 bridgehead atoms. The first-order valence-corrected chi connectivity index (χ1v) is 9.92. The van der Waals surface area contributed by atoms with Crippen molar-refractivity contribution in [1.29, 1.82) is 5.26 Å². The molecule has 1 aromatic heterocycles. The van der Waals surface area contributed by atoms with Crippen LogP contribution in [-0.4, -0.2) is 22.3 Å². The van der Waals surface area contributed by atoms with Crippen LogP contribution in [0.4, 0.5) is 0 Å². The highest BCUT2D eigenvalue weighted by Crippen LogP contribution is 2.35. The van der Waals surface area contributed by atoms with E-state index in [1.54, 1.807) is 12.3 Å². The summed E-state index contributed by atoms with van der Waals surface area (Å²) in [7, 11) is 0. The van der Waals surface area contributed by atoms with E-state index in [1.807, 2.05) is 74.6 Å². The topological polar surface area (TPSA) is 66.1 Å². The van der Waals surface area contributed by atoms with Gasteiger partial charge in [-0.2, -0.15) is 5.26 Å². The highest BCUT2D eigenvalue weighted by atomic mass is 16.5. The van der Waals surface area contributed by atoms with Gasteiger partial charge in [0.1, 0.15) is 17.9 Å². The lowest BCUT2D eigenvalue weighted by Gasteiger charge is -2.29. The number of nitrogens with zero attached hydrogens (tertiary/aromatic N) is 2. The van der Waals surface area contributed by atoms with E-state index in [4.69, 9.17) is 4.74 Å². The number of benzene rings is 2. The van der Waals surface area contributed by atoms with E-state index < -0.39 is 12.2 Å². The fourth-order valence-electron chi connectivity index (χ4n) is 3.42. The minimum absolute atomic E-state index is 0.0780. The summed E-state index contributed by atoms with van der Waals surface area (Å²) in [6.45, 7) is 4.05. The molecule has 0 fully saturated rings. The minimum Gasteiger partial charge on any atom is -0.485 e. The number of rotatable bonds is 8. The molecule has 2 atom stereocenters. The lowest BCUT2D eigenvalue weighted by Crippen LogP contribution is -2.37. The predicted octanol–water partition coefficient (Wildman–Crippen LogP) is 5.02. The van der Waals surface area contributed by atoms with Gasteiger partial charge in [-0.15, -0.1) is 0 Å². The Hall–Kier alpha value is -3.16. The molecule has 4 heteroatoms. The van der Waals surface area contributed by atoms with Gasteiger partial charge >= 0.3 is 0 Å². The largest absolute Gasteiger partial charge is 0.485 e. The van der Waals surface area contributed by atoms with Gasteiger partial charge in [-0.1, -0.05) is 62.4 Å². The molecule has 1 heterocycles. The number of aromatic nitrogens is 1. The summed E-state index contributed by atoms with van der Waals surface area (Å²) >= 11 is 0. The standard InChI is InChI=1S/C25H26N2O2/c1-18(2)24(23(28)14-13-19-8-7-15-27-17-19)29-25-21(16-26)11-6-12-22(25)20-9-4-3-5-10-20/h3-12,15,17-18,23-24,28H,13-14H2,1-2H3. The molecule has 0 aliphatic carbocycles. The van der Waals surface area contributed by atoms with E-state index in [1.165, 1.54) is 0 Å². The molecule has 0 saturated carbocycles. The number of aliphatic hydroxyl groups is 1. The molecule has 0 radical (unpaired) electrons. The molecule has 2 unspecified atom stereocenters. The van der Waals surface area contributed by atoms with Crippen LogP contribution in [0.3, 0.4) is 0 Å². The molecular weight excluding hydrogens is 360 g/mol. The van der Waals surface area contributed by atoms with E-state index in [0.717, 1.165) is 16.7 Å². The maximum atomic E-state index is 10.9. The van der Waals surface area contributed by atoms with Crippen LogP contribution >= 0.6 is 0 Å². The van der Waals surface area contributed by atoms with Gasteiger partial charge in [-0.05, 0) is 42.0 Å². The van der Waals surface area contributed by atoms with Gasteiger partial charge in [0.25, 0.3) is 0 Å². The molecular formula is C25H26N2O2. The third-order valence-electron chi connectivity index (χ3n) is 4.96. The number of para-hydroxylation sites is 1. The SMILES string of the molecule is CC(C)C(Oc1c(C#N)cccc1-c1ccccc1)C(O)CCc1cccnc1. The Morgan fingerprint density at radius 3 is 2.48 bits per heavy atom. The molecule has 0 aliphatic rings. The van der Waals surface area contributed by atoms with Crippen molar-refractivity contribution in [2.24, 2.45) is 5.92 Å². The number of ether oxygens (including phenoxy) is 1. The van der Waals surface area contributed by atoms with E-state index in [0.29, 0.717) is 24.2 Å². The summed E-state index contributed by atoms with van der Waals surface area (Å²) in [6.07, 6.45) is 3.74. The Morgan fingerprint density at radius 1 is 1.03 bits per heavy atom. The van der Waals surface area contributed by atoms with Crippen molar-refractivity contribution < 1.29 is 9.84 Å². The van der Waals surface area contributed by atoms with Crippen molar-refractivity contribution in [1.82, 2.24) is 4.98 Å². The molecule has 2 aromatic carbocycles. The summed E-state index contributed by atoms with van der Waals surface area (Å²) in [6, 6.07) is 21.5. The van der Waals surface area contributed by atoms with Gasteiger partial charge in [0.2, 0.25) is 0 Å². The highest BCUT2D eigenvalue weighted by molar-refractivity contribution is 5.73. The number of aliphatic hydroxyl groups excluding tert-OH is 1. The molecule has 0 aliphatic heterocycles. The summed E-state index contributed by atoms with van der Waals surface area (Å²) in [5.74, 6) is 0.606. The van der Waals surface area contributed by atoms with Crippen LogP contribution in [0, 0.1) is 17.2 Å². The zero-order valence-corrected chi connectivity index (χ0v) is 16.8. The van der Waals surface area contributed by atoms with Crippen LogP contribution in [0.25, 0.3) is 11.1 Å². The Labute approximate surface area is 172 Å². The fourth-order valence-corrected chi connectivity index (χ4v) is 3.42. The second-order valence-corrected chi connectivity index (χ2v) is 7.45. The Bertz CT molecular complexity index is 950. The number of hydrogen-bond acceptors (Lipinski definition) is 4. The molecule has 1 N–H and O–H groups in total. The Morgan fingerprint density at radius 2 is 1.83 bits per heavy atom. The second kappa shape index (κ2) is 9.86. The normalized spacial score (nSPS) is 12.9. The van der Waals surface area contributed by atoms with Gasteiger partial charge in [0, 0.05) is 18.0 Å². The van der Waals surface area contributed by atoms with Crippen molar-refractivity contribution in [2.75, 3.05) is 0 Å². The van der Waals surface area contributed by atoms with E-state index in [2.05, 4.69) is 11.1 Å². The van der Waals surface area contributed by atoms with E-state index in [9.17, 15) is 10.4 Å². The third kappa shape index (κ3) is 5.22. The van der Waals surface area contributed by atoms with Crippen molar-refractivity contribution in [3.05, 3.63) is 84.2 Å². The van der Waals surface area contributed by atoms with Crippen LogP contribution in [0.5, 0.6) is 5.75 Å². The molecule has 3 rings (SSSR count). The smallest absolute Gasteiger partial charge is 0.145 e. The summed E-state index contributed by atoms with van der Waals surface area (Å²) < 4.78 is 6.35. The van der Waals surface area contributed by atoms with Crippen LogP contribution in [0.15, 0.2) is 73.1 Å². The Balaban J connectivity index is 1.86. The van der Waals surface area contributed by atoms with Crippen LogP contribution in [0.1, 0.15) is 31.4 Å². The monoisotopic (exact) mass is 386 g/mol. The summed E-state index contributed by atoms with van der Waals surface area (Å²) in [5, 5.41) is 20.5. The van der Waals surface area contributed by atoms with E-state index >= 15 is 0 Å². The van der Waals surface area contributed by atoms with Gasteiger partial charge in [0.15, 0.2) is 0 Å². The Kier molecular flexibility index (Phi) is 6.99. The minimum atomic E-state index is -0.662. The number of pyridine rings is 1. The van der Waals surface area contributed by atoms with Gasteiger partial charge in [0.05, 0.1) is 11.7 Å². The van der Waals surface area contributed by atoms with Gasteiger partial charge in [-0.25, -0.2) is 0 Å². The average Bonchev–Trinajstić information content (AvgIpc) is 2.76. The van der Waals surface area contributed by atoms with Crippen molar-refractivity contribution in [3.63, 3.8) is 0 Å². The first-order valence-electron chi connectivity index (χ1n) is 9.92. The maximum Gasteiger partial charge on any atom is 0.145 e. The van der Waals surface area contributed by atoms with E-state index in [-0.39, 0.29) is 5.92 Å². The lowest BCUT2D eigenvalue weighted by molar-refractivity contribution is 0.00504. The molecule has 0 saturated heterocycles. The van der Waals surface area contributed by atoms with Crippen molar-refractivity contribution in [2.45, 2.75) is 38.9 Å². The summed E-state index contributed by atoms with van der Waals surface area (Å²) in [4.78, 5) is 4.13. The van der Waals surface area contributed by atoms with Crippen LogP contribution in [-0.2, 0) is 6.42 Å². The van der Waals surface area contributed by atoms with Crippen LogP contribution < -0.4 is 4.74 Å². The first kappa shape index (κ1) is 20.6. The van der Waals surface area contributed by atoms with Gasteiger partial charge < -0.3 is 9.84 Å². The molecule has 4 nitrogen and oxygen atoms in total. The molecule has 29 heavy (non-hydrogen) atoms. The number of hydrogen-bond donors (Lipinski definition) is 1. The second-order valence-electron chi connectivity index (χ2n) is 7.45. The summed E-state index contributed by atoms with van der Waals surface area (Å²) in [5.41, 5.74) is 3.38. The maximum absolute atomic E-state index is 10.9. The van der Waals surface area contributed by atoms with Crippen molar-refractivity contribution in [3.8, 4) is 22.9 Å². The average molecular weight is 386 g/mol. The number of aryl methyl sites for hydroxylation is 1. The number of nitriles is 1. The fraction of sp³-hybridized carbons (Fsp3) is 0.280. The van der Waals surface area contributed by atoms with Gasteiger partial charge in [-0.3, -0.25) is 4.98 Å². The molecule has 3 aromatic rings.